The zero-order valence-corrected chi connectivity index (χ0v) is 18.9. The Balaban J connectivity index is 1.78. The highest BCUT2D eigenvalue weighted by Gasteiger charge is 2.25. The third kappa shape index (κ3) is 4.08. The fraction of sp³-hybridized carbons (Fsp3) is 0.318. The molecule has 7 heteroatoms. The molecule has 1 aromatic carbocycles. The van der Waals surface area contributed by atoms with Crippen molar-refractivity contribution in [3.05, 3.63) is 68.0 Å². The molecule has 0 bridgehead atoms. The van der Waals surface area contributed by atoms with Crippen molar-refractivity contribution in [2.75, 3.05) is 6.61 Å². The lowest BCUT2D eigenvalue weighted by Crippen LogP contribution is -2.34. The number of aliphatic imine (C=N–C) groups is 1. The maximum atomic E-state index is 5.76. The van der Waals surface area contributed by atoms with Gasteiger partial charge in [0.15, 0.2) is 5.84 Å². The van der Waals surface area contributed by atoms with Crippen LogP contribution in [0, 0.1) is 34.6 Å². The number of aryl methyl sites for hydroxylation is 4. The van der Waals surface area contributed by atoms with Crippen molar-refractivity contribution in [1.29, 1.82) is 0 Å². The largest absolute Gasteiger partial charge is 0.272 e. The highest BCUT2D eigenvalue weighted by Crippen LogP contribution is 2.35. The van der Waals surface area contributed by atoms with E-state index in [-0.39, 0.29) is 6.04 Å². The highest BCUT2D eigenvalue weighted by atomic mass is 32.2. The molecular weight excluding hydrogens is 400 g/mol. The van der Waals surface area contributed by atoms with E-state index >= 15 is 0 Å². The molecule has 0 fully saturated rings. The van der Waals surface area contributed by atoms with Gasteiger partial charge in [0.25, 0.3) is 0 Å². The van der Waals surface area contributed by atoms with Gasteiger partial charge in [0.05, 0.1) is 11.3 Å². The van der Waals surface area contributed by atoms with Crippen LogP contribution in [0.25, 0.3) is 0 Å². The Morgan fingerprint density at radius 2 is 1.90 bits per heavy atom. The lowest BCUT2D eigenvalue weighted by molar-refractivity contribution is 0.0620. The molecule has 3 aromatic rings. The third-order valence-electron chi connectivity index (χ3n) is 5.09. The molecule has 0 saturated carbocycles. The second-order valence-electron chi connectivity index (χ2n) is 7.23. The fourth-order valence-corrected chi connectivity index (χ4v) is 5.38. The molecule has 2 aromatic heterocycles. The summed E-state index contributed by atoms with van der Waals surface area (Å²) in [5.74, 6) is 0.719. The number of benzene rings is 1. The molecule has 4 rings (SSSR count). The summed E-state index contributed by atoms with van der Waals surface area (Å²) in [5, 5.41) is 9.70. The van der Waals surface area contributed by atoms with E-state index in [0.717, 1.165) is 32.6 Å². The van der Waals surface area contributed by atoms with Gasteiger partial charge in [-0.3, -0.25) is 9.83 Å². The summed E-state index contributed by atoms with van der Waals surface area (Å²) < 4.78 is 0. The van der Waals surface area contributed by atoms with Gasteiger partial charge in [-0.15, -0.1) is 16.4 Å². The quantitative estimate of drug-likeness (QED) is 0.619. The summed E-state index contributed by atoms with van der Waals surface area (Å²) in [6.07, 6.45) is 0. The molecule has 0 spiro atoms. The molecule has 1 N–H and O–H groups in total. The maximum Gasteiger partial charge on any atom is 0.156 e. The van der Waals surface area contributed by atoms with Crippen LogP contribution in [0.3, 0.4) is 0 Å². The number of hydrogen-bond donors (Lipinski definition) is 1. The molecule has 29 heavy (non-hydrogen) atoms. The van der Waals surface area contributed by atoms with E-state index in [1.165, 1.54) is 20.9 Å². The first kappa shape index (κ1) is 20.1. The molecule has 150 valence electrons. The first-order valence-electron chi connectivity index (χ1n) is 9.54. The lowest BCUT2D eigenvalue weighted by atomic mass is 10.1. The first-order valence-corrected chi connectivity index (χ1v) is 11.2. The molecule has 0 radical (unpaired) electrons. The van der Waals surface area contributed by atoms with Gasteiger partial charge in [0.1, 0.15) is 17.7 Å². The second kappa shape index (κ2) is 8.26. The summed E-state index contributed by atoms with van der Waals surface area (Å²) in [7, 11) is 0. The molecule has 1 aliphatic heterocycles. The van der Waals surface area contributed by atoms with E-state index in [9.17, 15) is 0 Å². The zero-order valence-electron chi connectivity index (χ0n) is 17.2. The Labute approximate surface area is 179 Å². The number of rotatable bonds is 4. The summed E-state index contributed by atoms with van der Waals surface area (Å²) in [6, 6.07) is 10.5. The van der Waals surface area contributed by atoms with Crippen molar-refractivity contribution in [3.63, 3.8) is 0 Å². The average Bonchev–Trinajstić information content (AvgIpc) is 3.05. The number of hydroxylamine groups is 1. The van der Waals surface area contributed by atoms with Crippen LogP contribution in [0.15, 0.2) is 45.2 Å². The van der Waals surface area contributed by atoms with Crippen molar-refractivity contribution >= 4 is 28.9 Å². The van der Waals surface area contributed by atoms with Crippen LogP contribution < -0.4 is 5.48 Å². The van der Waals surface area contributed by atoms with E-state index in [2.05, 4.69) is 61.6 Å². The van der Waals surface area contributed by atoms with Gasteiger partial charge >= 0.3 is 0 Å². The normalized spacial score (nSPS) is 16.4. The van der Waals surface area contributed by atoms with Crippen LogP contribution in [0.4, 0.5) is 0 Å². The predicted molar refractivity (Wildman–Crippen MR) is 119 cm³/mol. The number of nitrogens with zero attached hydrogens (tertiary/aromatic N) is 3. The molecule has 0 unspecified atom stereocenters. The second-order valence-corrected chi connectivity index (χ2v) is 9.72. The van der Waals surface area contributed by atoms with E-state index in [4.69, 9.17) is 9.83 Å². The summed E-state index contributed by atoms with van der Waals surface area (Å²) in [4.78, 5) is 14.5. The number of amidine groups is 1. The topological polar surface area (TPSA) is 59.4 Å². The van der Waals surface area contributed by atoms with Crippen molar-refractivity contribution in [1.82, 2.24) is 15.7 Å². The monoisotopic (exact) mass is 424 g/mol. The predicted octanol–water partition coefficient (Wildman–Crippen LogP) is 5.25. The molecule has 3 heterocycles. The number of hydrogen-bond acceptors (Lipinski definition) is 7. The Bertz CT molecular complexity index is 1090. The van der Waals surface area contributed by atoms with E-state index in [0.29, 0.717) is 6.61 Å². The summed E-state index contributed by atoms with van der Waals surface area (Å²) in [5.41, 5.74) is 8.39. The molecule has 5 nitrogen and oxygen atoms in total. The molecule has 0 saturated heterocycles. The molecule has 1 aliphatic rings. The van der Waals surface area contributed by atoms with Gasteiger partial charge in [-0.05, 0) is 63.4 Å². The lowest BCUT2D eigenvalue weighted by Gasteiger charge is -2.24. The number of thiophene rings is 1. The van der Waals surface area contributed by atoms with Crippen LogP contribution in [-0.2, 0) is 4.84 Å². The van der Waals surface area contributed by atoms with Crippen molar-refractivity contribution in [3.8, 4) is 0 Å². The third-order valence-corrected chi connectivity index (χ3v) is 7.23. The van der Waals surface area contributed by atoms with Gasteiger partial charge in [-0.1, -0.05) is 30.0 Å². The first-order chi connectivity index (χ1) is 13.9. The smallest absolute Gasteiger partial charge is 0.156 e. The van der Waals surface area contributed by atoms with Crippen LogP contribution in [0.5, 0.6) is 0 Å². The maximum absolute atomic E-state index is 5.76. The minimum atomic E-state index is -0.0274. The minimum Gasteiger partial charge on any atom is -0.272 e. The van der Waals surface area contributed by atoms with E-state index in [1.807, 2.05) is 19.1 Å². The average molecular weight is 425 g/mol. The Morgan fingerprint density at radius 1 is 1.10 bits per heavy atom. The standard InChI is InChI=1S/C22H24N4OS2/c1-12-8-6-7-9-19(12)29-22-20(14(3)15(4)24-25-22)21-23-18(11-27-26-21)17-10-13(2)28-16(17)5/h6-10,18H,11H2,1-5H3,(H,23,26)/t18-/m0/s1. The Hall–Kier alpha value is -2.22. The molecule has 0 amide bonds. The van der Waals surface area contributed by atoms with E-state index in [1.54, 1.807) is 23.1 Å². The van der Waals surface area contributed by atoms with Gasteiger partial charge in [0, 0.05) is 14.6 Å². The van der Waals surface area contributed by atoms with Crippen molar-refractivity contribution in [2.45, 2.75) is 50.6 Å². The van der Waals surface area contributed by atoms with Crippen molar-refractivity contribution < 1.29 is 4.84 Å². The van der Waals surface area contributed by atoms with Gasteiger partial charge in [-0.25, -0.2) is 5.48 Å². The zero-order chi connectivity index (χ0) is 20.5. The molecular formula is C22H24N4OS2. The van der Waals surface area contributed by atoms with E-state index < -0.39 is 0 Å². The fourth-order valence-electron chi connectivity index (χ4n) is 3.38. The Morgan fingerprint density at radius 3 is 2.62 bits per heavy atom. The van der Waals surface area contributed by atoms with Gasteiger partial charge in [-0.2, -0.15) is 5.10 Å². The SMILES string of the molecule is Cc1cc([C@@H]2CONC(c3c(Sc4ccccc4C)nnc(C)c3C)=N2)c(C)s1. The summed E-state index contributed by atoms with van der Waals surface area (Å²) >= 11 is 3.41. The minimum absolute atomic E-state index is 0.0274. The van der Waals surface area contributed by atoms with Crippen LogP contribution in [-0.4, -0.2) is 22.6 Å². The van der Waals surface area contributed by atoms with Crippen LogP contribution in [0.1, 0.15) is 43.7 Å². The van der Waals surface area contributed by atoms with Gasteiger partial charge < -0.3 is 0 Å². The number of aromatic nitrogens is 2. The van der Waals surface area contributed by atoms with Crippen LogP contribution >= 0.6 is 23.1 Å². The molecule has 0 aliphatic carbocycles. The Kier molecular flexibility index (Phi) is 5.72. The van der Waals surface area contributed by atoms with Gasteiger partial charge in [0.2, 0.25) is 0 Å². The van der Waals surface area contributed by atoms with Crippen LogP contribution in [0.2, 0.25) is 0 Å². The van der Waals surface area contributed by atoms with Crippen molar-refractivity contribution in [2.24, 2.45) is 4.99 Å². The summed E-state index contributed by atoms with van der Waals surface area (Å²) in [6.45, 7) is 10.9. The highest BCUT2D eigenvalue weighted by molar-refractivity contribution is 7.99. The molecule has 1 atom stereocenters. The number of nitrogens with one attached hydrogen (secondary N) is 1.